The van der Waals surface area contributed by atoms with Crippen LogP contribution in [-0.2, 0) is 16.0 Å². The molecule has 4 heterocycles. The fourth-order valence-corrected chi connectivity index (χ4v) is 3.93. The zero-order valence-electron chi connectivity index (χ0n) is 12.4. The summed E-state index contributed by atoms with van der Waals surface area (Å²) >= 11 is 1.67. The van der Waals surface area contributed by atoms with E-state index in [9.17, 15) is 0 Å². The summed E-state index contributed by atoms with van der Waals surface area (Å²) in [6, 6.07) is 6.14. The Balaban J connectivity index is 1.38. The van der Waals surface area contributed by atoms with E-state index < -0.39 is 0 Å². The van der Waals surface area contributed by atoms with Gasteiger partial charge in [0.05, 0.1) is 23.8 Å². The summed E-state index contributed by atoms with van der Waals surface area (Å²) in [5, 5.41) is 6.27. The number of piperidine rings is 1. The highest BCUT2D eigenvalue weighted by atomic mass is 32.1. The second kappa shape index (κ2) is 6.50. The van der Waals surface area contributed by atoms with Crippen LogP contribution in [0.5, 0.6) is 0 Å². The molecule has 4 rings (SSSR count). The molecule has 0 aliphatic carbocycles. The van der Waals surface area contributed by atoms with Crippen molar-refractivity contribution in [3.8, 4) is 10.6 Å². The highest BCUT2D eigenvalue weighted by Crippen LogP contribution is 2.28. The molecule has 0 saturated carbocycles. The third-order valence-electron chi connectivity index (χ3n) is 4.28. The minimum Gasteiger partial charge on any atom is -0.355 e. The standard InChI is InChI=1S/C16H20N2O3S/c1-3-12(16-19-6-7-20-16)10-18(5-1)11-13-9-14(21-17-13)15-4-2-8-22-15/h2,4,8-9,12,16H,1,3,5-7,10-11H2. The Morgan fingerprint density at radius 3 is 3.05 bits per heavy atom. The molecule has 0 radical (unpaired) electrons. The average Bonchev–Trinajstić information content (AvgIpc) is 3.29. The fourth-order valence-electron chi connectivity index (χ4n) is 3.26. The lowest BCUT2D eigenvalue weighted by Gasteiger charge is -2.34. The topological polar surface area (TPSA) is 47.7 Å². The number of ether oxygens (including phenoxy) is 2. The highest BCUT2D eigenvalue weighted by Gasteiger charge is 2.31. The van der Waals surface area contributed by atoms with Crippen LogP contribution in [0.2, 0.25) is 0 Å². The zero-order chi connectivity index (χ0) is 14.8. The Bertz CT molecular complexity index is 592. The van der Waals surface area contributed by atoms with Gasteiger partial charge in [-0.25, -0.2) is 0 Å². The Hall–Kier alpha value is -1.21. The molecule has 0 aromatic carbocycles. The van der Waals surface area contributed by atoms with Crippen molar-refractivity contribution in [2.75, 3.05) is 26.3 Å². The molecule has 2 aromatic heterocycles. The lowest BCUT2D eigenvalue weighted by Crippen LogP contribution is -2.40. The molecule has 2 aromatic rings. The minimum atomic E-state index is -0.0122. The summed E-state index contributed by atoms with van der Waals surface area (Å²) in [5.74, 6) is 1.33. The second-order valence-electron chi connectivity index (χ2n) is 5.91. The zero-order valence-corrected chi connectivity index (χ0v) is 13.3. The molecule has 5 nitrogen and oxygen atoms in total. The van der Waals surface area contributed by atoms with Crippen molar-refractivity contribution in [3.63, 3.8) is 0 Å². The molecule has 1 unspecified atom stereocenters. The van der Waals surface area contributed by atoms with Gasteiger partial charge in [0.15, 0.2) is 12.1 Å². The molecule has 0 spiro atoms. The summed E-state index contributed by atoms with van der Waals surface area (Å²) < 4.78 is 16.8. The summed E-state index contributed by atoms with van der Waals surface area (Å²) in [6.07, 6.45) is 2.35. The molecule has 2 saturated heterocycles. The molecule has 0 bridgehead atoms. The molecule has 1 atom stereocenters. The van der Waals surface area contributed by atoms with E-state index in [1.807, 2.05) is 11.4 Å². The van der Waals surface area contributed by atoms with Crippen molar-refractivity contribution in [1.82, 2.24) is 10.1 Å². The summed E-state index contributed by atoms with van der Waals surface area (Å²) in [5.41, 5.74) is 0.998. The largest absolute Gasteiger partial charge is 0.355 e. The number of hydrogen-bond donors (Lipinski definition) is 0. The average molecular weight is 320 g/mol. The first-order valence-electron chi connectivity index (χ1n) is 7.83. The van der Waals surface area contributed by atoms with Gasteiger partial charge in [0, 0.05) is 25.1 Å². The Morgan fingerprint density at radius 1 is 1.32 bits per heavy atom. The van der Waals surface area contributed by atoms with Crippen molar-refractivity contribution in [2.45, 2.75) is 25.7 Å². The van der Waals surface area contributed by atoms with Gasteiger partial charge in [0.2, 0.25) is 0 Å². The molecule has 0 amide bonds. The maximum absolute atomic E-state index is 5.66. The first-order chi connectivity index (χ1) is 10.9. The third-order valence-corrected chi connectivity index (χ3v) is 5.17. The van der Waals surface area contributed by atoms with Crippen LogP contribution in [0.15, 0.2) is 28.1 Å². The van der Waals surface area contributed by atoms with Crippen LogP contribution in [0, 0.1) is 5.92 Å². The smallest absolute Gasteiger partial charge is 0.177 e. The maximum Gasteiger partial charge on any atom is 0.177 e. The summed E-state index contributed by atoms with van der Waals surface area (Å²) in [4.78, 5) is 3.55. The molecular formula is C16H20N2O3S. The van der Waals surface area contributed by atoms with Gasteiger partial charge in [-0.2, -0.15) is 0 Å². The molecule has 2 fully saturated rings. The van der Waals surface area contributed by atoms with Crippen LogP contribution < -0.4 is 0 Å². The van der Waals surface area contributed by atoms with Gasteiger partial charge in [-0.1, -0.05) is 11.2 Å². The van der Waals surface area contributed by atoms with Crippen molar-refractivity contribution in [3.05, 3.63) is 29.3 Å². The van der Waals surface area contributed by atoms with Gasteiger partial charge < -0.3 is 14.0 Å². The minimum absolute atomic E-state index is 0.0122. The van der Waals surface area contributed by atoms with E-state index in [0.717, 1.165) is 49.2 Å². The highest BCUT2D eigenvalue weighted by molar-refractivity contribution is 7.13. The van der Waals surface area contributed by atoms with Crippen LogP contribution >= 0.6 is 11.3 Å². The van der Waals surface area contributed by atoms with Gasteiger partial charge >= 0.3 is 0 Å². The monoisotopic (exact) mass is 320 g/mol. The summed E-state index contributed by atoms with van der Waals surface area (Å²) in [7, 11) is 0. The quantitative estimate of drug-likeness (QED) is 0.867. The lowest BCUT2D eigenvalue weighted by atomic mass is 9.97. The van der Waals surface area contributed by atoms with Crippen molar-refractivity contribution >= 4 is 11.3 Å². The van der Waals surface area contributed by atoms with Gasteiger partial charge in [0.1, 0.15) is 0 Å². The van der Waals surface area contributed by atoms with E-state index in [0.29, 0.717) is 5.92 Å². The SMILES string of the molecule is c1csc(-c2cc(CN3CCCC(C4OCCO4)C3)no2)c1. The van der Waals surface area contributed by atoms with Crippen molar-refractivity contribution in [1.29, 1.82) is 0 Å². The molecule has 6 heteroatoms. The maximum atomic E-state index is 5.66. The molecule has 22 heavy (non-hydrogen) atoms. The van der Waals surface area contributed by atoms with E-state index in [1.165, 1.54) is 12.8 Å². The molecule has 2 aliphatic heterocycles. The summed E-state index contributed by atoms with van der Waals surface area (Å²) in [6.45, 7) is 4.40. The molecule has 2 aliphatic rings. The number of rotatable bonds is 4. The molecule has 118 valence electrons. The number of hydrogen-bond acceptors (Lipinski definition) is 6. The van der Waals surface area contributed by atoms with E-state index in [2.05, 4.69) is 22.2 Å². The number of aromatic nitrogens is 1. The van der Waals surface area contributed by atoms with Crippen molar-refractivity contribution in [2.24, 2.45) is 5.92 Å². The number of likely N-dealkylation sites (tertiary alicyclic amines) is 1. The lowest BCUT2D eigenvalue weighted by molar-refractivity contribution is -0.101. The van der Waals surface area contributed by atoms with Crippen LogP contribution in [0.1, 0.15) is 18.5 Å². The Kier molecular flexibility index (Phi) is 4.25. The predicted molar refractivity (Wildman–Crippen MR) is 83.5 cm³/mol. The first kappa shape index (κ1) is 14.4. The number of thiophene rings is 1. The van der Waals surface area contributed by atoms with Crippen LogP contribution in [0.3, 0.4) is 0 Å². The van der Waals surface area contributed by atoms with E-state index >= 15 is 0 Å². The predicted octanol–water partition coefficient (Wildman–Crippen LogP) is 2.99. The fraction of sp³-hybridized carbons (Fsp3) is 0.562. The van der Waals surface area contributed by atoms with Gasteiger partial charge in [0.25, 0.3) is 0 Å². The Labute approximate surface area is 133 Å². The van der Waals surface area contributed by atoms with E-state index in [1.54, 1.807) is 11.3 Å². The van der Waals surface area contributed by atoms with Gasteiger partial charge in [-0.3, -0.25) is 4.90 Å². The molecular weight excluding hydrogens is 300 g/mol. The third kappa shape index (κ3) is 3.10. The Morgan fingerprint density at radius 2 is 2.23 bits per heavy atom. The van der Waals surface area contributed by atoms with Gasteiger partial charge in [-0.15, -0.1) is 11.3 Å². The van der Waals surface area contributed by atoms with Crippen molar-refractivity contribution < 1.29 is 14.0 Å². The van der Waals surface area contributed by atoms with Gasteiger partial charge in [-0.05, 0) is 30.8 Å². The first-order valence-corrected chi connectivity index (χ1v) is 8.71. The van der Waals surface area contributed by atoms with E-state index in [-0.39, 0.29) is 6.29 Å². The van der Waals surface area contributed by atoms with Crippen LogP contribution in [-0.4, -0.2) is 42.6 Å². The van der Waals surface area contributed by atoms with Crippen LogP contribution in [0.4, 0.5) is 0 Å². The van der Waals surface area contributed by atoms with Crippen LogP contribution in [0.25, 0.3) is 10.6 Å². The second-order valence-corrected chi connectivity index (χ2v) is 6.85. The van der Waals surface area contributed by atoms with E-state index in [4.69, 9.17) is 14.0 Å². The normalized spacial score (nSPS) is 24.1. The number of nitrogens with zero attached hydrogens (tertiary/aromatic N) is 2. The molecule has 0 N–H and O–H groups in total.